The van der Waals surface area contributed by atoms with Crippen molar-refractivity contribution in [3.8, 4) is 0 Å². The molecular formula is C17H19ClN2O2S. The Morgan fingerprint density at radius 1 is 1.00 bits per heavy atom. The SMILES string of the molecule is CN1CCN(S(=O)(=O)c2ccc(Cl)cc2)[C@H](c2ccccc2)C1. The minimum absolute atomic E-state index is 0.185. The van der Waals surface area contributed by atoms with Crippen LogP contribution in [-0.2, 0) is 10.0 Å². The minimum atomic E-state index is -3.55. The van der Waals surface area contributed by atoms with Crippen LogP contribution in [0, 0.1) is 0 Å². The van der Waals surface area contributed by atoms with Gasteiger partial charge in [0.1, 0.15) is 0 Å². The van der Waals surface area contributed by atoms with E-state index in [4.69, 9.17) is 11.6 Å². The molecule has 0 N–H and O–H groups in total. The highest BCUT2D eigenvalue weighted by molar-refractivity contribution is 7.89. The minimum Gasteiger partial charge on any atom is -0.303 e. The molecule has 0 amide bonds. The third-order valence-electron chi connectivity index (χ3n) is 4.14. The number of benzene rings is 2. The van der Waals surface area contributed by atoms with Crippen LogP contribution in [0.4, 0.5) is 0 Å². The standard InChI is InChI=1S/C17H19ClN2O2S/c1-19-11-12-20(17(13-19)14-5-3-2-4-6-14)23(21,22)16-9-7-15(18)8-10-16/h2-10,17H,11-13H2,1H3/t17-/m0/s1. The molecule has 0 bridgehead atoms. The first-order valence-electron chi connectivity index (χ1n) is 7.49. The van der Waals surface area contributed by atoms with Crippen LogP contribution in [0.3, 0.4) is 0 Å². The van der Waals surface area contributed by atoms with Crippen molar-refractivity contribution in [3.05, 3.63) is 65.2 Å². The van der Waals surface area contributed by atoms with Crippen molar-refractivity contribution in [2.75, 3.05) is 26.7 Å². The molecule has 4 nitrogen and oxygen atoms in total. The third-order valence-corrected chi connectivity index (χ3v) is 6.31. The Kier molecular flexibility index (Phi) is 4.73. The Morgan fingerprint density at radius 3 is 2.30 bits per heavy atom. The molecule has 0 spiro atoms. The summed E-state index contributed by atoms with van der Waals surface area (Å²) in [6.45, 7) is 1.87. The maximum atomic E-state index is 13.1. The van der Waals surface area contributed by atoms with Gasteiger partial charge in [-0.25, -0.2) is 8.42 Å². The fourth-order valence-corrected chi connectivity index (χ4v) is 4.60. The quantitative estimate of drug-likeness (QED) is 0.854. The summed E-state index contributed by atoms with van der Waals surface area (Å²) in [7, 11) is -1.54. The Morgan fingerprint density at radius 2 is 1.65 bits per heavy atom. The zero-order chi connectivity index (χ0) is 16.4. The van der Waals surface area contributed by atoms with E-state index in [0.29, 0.717) is 18.1 Å². The molecule has 0 aromatic heterocycles. The van der Waals surface area contributed by atoms with E-state index >= 15 is 0 Å². The molecule has 2 aromatic rings. The molecular weight excluding hydrogens is 332 g/mol. The van der Waals surface area contributed by atoms with Gasteiger partial charge in [0.2, 0.25) is 10.0 Å². The van der Waals surface area contributed by atoms with Crippen molar-refractivity contribution < 1.29 is 8.42 Å². The van der Waals surface area contributed by atoms with Gasteiger partial charge >= 0.3 is 0 Å². The topological polar surface area (TPSA) is 40.6 Å². The number of hydrogen-bond donors (Lipinski definition) is 0. The van der Waals surface area contributed by atoms with Crippen LogP contribution in [0.1, 0.15) is 11.6 Å². The highest BCUT2D eigenvalue weighted by Gasteiger charge is 2.35. The summed E-state index contributed by atoms with van der Waals surface area (Å²) in [4.78, 5) is 2.44. The molecule has 1 saturated heterocycles. The molecule has 3 rings (SSSR count). The summed E-state index contributed by atoms with van der Waals surface area (Å²) >= 11 is 5.88. The Labute approximate surface area is 142 Å². The lowest BCUT2D eigenvalue weighted by atomic mass is 10.1. The van der Waals surface area contributed by atoms with Crippen LogP contribution in [0.15, 0.2) is 59.5 Å². The summed E-state index contributed by atoms with van der Waals surface area (Å²) < 4.78 is 27.7. The molecule has 1 atom stereocenters. The molecule has 23 heavy (non-hydrogen) atoms. The van der Waals surface area contributed by atoms with Gasteiger partial charge in [-0.15, -0.1) is 0 Å². The van der Waals surface area contributed by atoms with E-state index in [9.17, 15) is 8.42 Å². The Hall–Kier alpha value is -1.40. The molecule has 1 aliphatic rings. The average Bonchev–Trinajstić information content (AvgIpc) is 2.56. The second-order valence-corrected chi connectivity index (χ2v) is 8.09. The van der Waals surface area contributed by atoms with Crippen molar-refractivity contribution in [3.63, 3.8) is 0 Å². The van der Waals surface area contributed by atoms with Crippen molar-refractivity contribution in [2.24, 2.45) is 0 Å². The third kappa shape index (κ3) is 3.43. The first kappa shape index (κ1) is 16.5. The molecule has 0 aliphatic carbocycles. The van der Waals surface area contributed by atoms with Gasteiger partial charge in [-0.05, 0) is 36.9 Å². The van der Waals surface area contributed by atoms with E-state index in [-0.39, 0.29) is 10.9 Å². The molecule has 6 heteroatoms. The maximum absolute atomic E-state index is 13.1. The van der Waals surface area contributed by atoms with Crippen LogP contribution in [0.2, 0.25) is 5.02 Å². The van der Waals surface area contributed by atoms with E-state index in [1.54, 1.807) is 28.6 Å². The van der Waals surface area contributed by atoms with Gasteiger partial charge in [0, 0.05) is 24.7 Å². The average molecular weight is 351 g/mol. The second-order valence-electron chi connectivity index (χ2n) is 5.76. The molecule has 1 fully saturated rings. The second kappa shape index (κ2) is 6.61. The van der Waals surface area contributed by atoms with E-state index in [2.05, 4.69) is 4.90 Å². The van der Waals surface area contributed by atoms with Gasteiger partial charge < -0.3 is 4.90 Å². The zero-order valence-corrected chi connectivity index (χ0v) is 14.5. The highest BCUT2D eigenvalue weighted by atomic mass is 35.5. The van der Waals surface area contributed by atoms with Gasteiger partial charge in [-0.2, -0.15) is 4.31 Å². The molecule has 1 heterocycles. The molecule has 0 unspecified atom stereocenters. The van der Waals surface area contributed by atoms with Gasteiger partial charge in [-0.1, -0.05) is 41.9 Å². The van der Waals surface area contributed by atoms with Gasteiger partial charge in [-0.3, -0.25) is 0 Å². The largest absolute Gasteiger partial charge is 0.303 e. The van der Waals surface area contributed by atoms with E-state index < -0.39 is 10.0 Å². The van der Waals surface area contributed by atoms with Crippen molar-refractivity contribution >= 4 is 21.6 Å². The lowest BCUT2D eigenvalue weighted by Crippen LogP contribution is -2.49. The van der Waals surface area contributed by atoms with E-state index in [0.717, 1.165) is 12.1 Å². The van der Waals surface area contributed by atoms with Crippen LogP contribution in [0.5, 0.6) is 0 Å². The first-order chi connectivity index (χ1) is 11.0. The van der Waals surface area contributed by atoms with Crippen LogP contribution in [-0.4, -0.2) is 44.3 Å². The van der Waals surface area contributed by atoms with Gasteiger partial charge in [0.05, 0.1) is 10.9 Å². The normalized spacial score (nSPS) is 20.5. The smallest absolute Gasteiger partial charge is 0.243 e. The summed E-state index contributed by atoms with van der Waals surface area (Å²) in [5.74, 6) is 0. The Balaban J connectivity index is 1.99. The van der Waals surface area contributed by atoms with Crippen molar-refractivity contribution in [1.29, 1.82) is 0 Å². The predicted molar refractivity (Wildman–Crippen MR) is 92.0 cm³/mol. The van der Waals surface area contributed by atoms with Crippen LogP contribution >= 0.6 is 11.6 Å². The summed E-state index contributed by atoms with van der Waals surface area (Å²) in [5, 5.41) is 0.530. The van der Waals surface area contributed by atoms with Crippen LogP contribution in [0.25, 0.3) is 0 Å². The maximum Gasteiger partial charge on any atom is 0.243 e. The molecule has 2 aromatic carbocycles. The van der Waals surface area contributed by atoms with Gasteiger partial charge in [0.15, 0.2) is 0 Å². The van der Waals surface area contributed by atoms with Gasteiger partial charge in [0.25, 0.3) is 0 Å². The number of nitrogens with zero attached hydrogens (tertiary/aromatic N) is 2. The fourth-order valence-electron chi connectivity index (χ4n) is 2.88. The number of hydrogen-bond acceptors (Lipinski definition) is 3. The zero-order valence-electron chi connectivity index (χ0n) is 12.9. The van der Waals surface area contributed by atoms with Crippen LogP contribution < -0.4 is 0 Å². The summed E-state index contributed by atoms with van der Waals surface area (Å²) in [6.07, 6.45) is 0. The molecule has 0 radical (unpaired) electrons. The lowest BCUT2D eigenvalue weighted by Gasteiger charge is -2.39. The number of rotatable bonds is 3. The van der Waals surface area contributed by atoms with Crippen molar-refractivity contribution in [2.45, 2.75) is 10.9 Å². The van der Waals surface area contributed by atoms with E-state index in [1.807, 2.05) is 37.4 Å². The number of likely N-dealkylation sites (N-methyl/N-ethyl adjacent to an activating group) is 1. The monoisotopic (exact) mass is 350 g/mol. The number of halogens is 1. The molecule has 122 valence electrons. The Bertz CT molecular complexity index is 763. The summed E-state index contributed by atoms with van der Waals surface area (Å²) in [5.41, 5.74) is 1.01. The van der Waals surface area contributed by atoms with E-state index in [1.165, 1.54) is 0 Å². The lowest BCUT2D eigenvalue weighted by molar-refractivity contribution is 0.160. The predicted octanol–water partition coefficient (Wildman–Crippen LogP) is 3.02. The van der Waals surface area contributed by atoms with Crippen molar-refractivity contribution in [1.82, 2.24) is 9.21 Å². The molecule has 0 saturated carbocycles. The number of piperazine rings is 1. The first-order valence-corrected chi connectivity index (χ1v) is 9.31. The highest BCUT2D eigenvalue weighted by Crippen LogP contribution is 2.31. The fraction of sp³-hybridized carbons (Fsp3) is 0.294. The number of sulfonamides is 1. The summed E-state index contributed by atoms with van der Waals surface area (Å²) in [6, 6.07) is 16.0. The molecule has 1 aliphatic heterocycles.